The van der Waals surface area contributed by atoms with Crippen molar-refractivity contribution >= 4 is 52.1 Å². The molecule has 3 nitrogen and oxygen atoms in total. The van der Waals surface area contributed by atoms with Gasteiger partial charge in [-0.25, -0.2) is 4.79 Å². The van der Waals surface area contributed by atoms with Crippen LogP contribution in [0.3, 0.4) is 0 Å². The Kier molecular flexibility index (Phi) is 9.56. The van der Waals surface area contributed by atoms with Crippen LogP contribution in [0.25, 0.3) is 0 Å². The summed E-state index contributed by atoms with van der Waals surface area (Å²) >= 11 is 20.2. The molecule has 3 rings (SSSR count). The molecular formula is C24H25Cl3O3S. The highest BCUT2D eigenvalue weighted by molar-refractivity contribution is 7.13. The highest BCUT2D eigenvalue weighted by atomic mass is 35.5. The van der Waals surface area contributed by atoms with Gasteiger partial charge in [0.25, 0.3) is 0 Å². The van der Waals surface area contributed by atoms with Crippen LogP contribution >= 0.6 is 46.1 Å². The van der Waals surface area contributed by atoms with E-state index in [4.69, 9.17) is 44.6 Å². The Morgan fingerprint density at radius 2 is 1.94 bits per heavy atom. The Balaban J connectivity index is 1.49. The molecule has 1 saturated carbocycles. The SMILES string of the molecule is O=C(OCCO)c1ccc(CCCCC2C(C#Cc3cc(Cl)cc(Cl)c3)CC[C@H]2Cl)s1. The molecule has 0 bridgehead atoms. The number of carbonyl (C=O) groups excluding carboxylic acids is 1. The number of hydrogen-bond acceptors (Lipinski definition) is 4. The first-order valence-electron chi connectivity index (χ1n) is 10.4. The highest BCUT2D eigenvalue weighted by Crippen LogP contribution is 2.39. The van der Waals surface area contributed by atoms with Gasteiger partial charge >= 0.3 is 5.97 Å². The normalized spacial score (nSPS) is 20.3. The first-order chi connectivity index (χ1) is 15.0. The molecule has 1 aliphatic rings. The zero-order valence-electron chi connectivity index (χ0n) is 17.1. The third-order valence-electron chi connectivity index (χ3n) is 5.40. The van der Waals surface area contributed by atoms with Crippen molar-refractivity contribution in [1.82, 2.24) is 0 Å². The molecule has 0 saturated heterocycles. The smallest absolute Gasteiger partial charge is 0.348 e. The van der Waals surface area contributed by atoms with Crippen LogP contribution in [-0.4, -0.2) is 29.7 Å². The summed E-state index contributed by atoms with van der Waals surface area (Å²) in [6.07, 6.45) is 6.08. The molecule has 3 atom stereocenters. The predicted octanol–water partition coefficient (Wildman–Crippen LogP) is 6.60. The number of esters is 1. The molecule has 1 heterocycles. The maximum atomic E-state index is 11.8. The number of benzene rings is 1. The lowest BCUT2D eigenvalue weighted by atomic mass is 9.90. The van der Waals surface area contributed by atoms with E-state index in [9.17, 15) is 4.79 Å². The average molecular weight is 500 g/mol. The van der Waals surface area contributed by atoms with Gasteiger partial charge in [0.2, 0.25) is 0 Å². The number of ether oxygens (including phenoxy) is 1. The molecule has 1 N–H and O–H groups in total. The molecule has 0 radical (unpaired) electrons. The summed E-state index contributed by atoms with van der Waals surface area (Å²) in [5.74, 6) is 6.93. The number of aliphatic hydroxyl groups excluding tert-OH is 1. The molecule has 1 fully saturated rings. The topological polar surface area (TPSA) is 46.5 Å². The summed E-state index contributed by atoms with van der Waals surface area (Å²) in [6, 6.07) is 9.13. The van der Waals surface area contributed by atoms with Crippen LogP contribution in [0, 0.1) is 23.7 Å². The van der Waals surface area contributed by atoms with Gasteiger partial charge in [0, 0.05) is 31.8 Å². The van der Waals surface area contributed by atoms with Gasteiger partial charge in [0.1, 0.15) is 11.5 Å². The number of alkyl halides is 1. The predicted molar refractivity (Wildman–Crippen MR) is 128 cm³/mol. The van der Waals surface area contributed by atoms with E-state index >= 15 is 0 Å². The fourth-order valence-electron chi connectivity index (χ4n) is 3.89. The van der Waals surface area contributed by atoms with Gasteiger partial charge in [-0.15, -0.1) is 22.9 Å². The van der Waals surface area contributed by atoms with Gasteiger partial charge in [-0.05, 0) is 68.4 Å². The summed E-state index contributed by atoms with van der Waals surface area (Å²) < 4.78 is 4.95. The lowest BCUT2D eigenvalue weighted by Crippen LogP contribution is -2.14. The fraction of sp³-hybridized carbons (Fsp3) is 0.458. The molecule has 0 spiro atoms. The fourth-order valence-corrected chi connectivity index (χ4v) is 5.79. The van der Waals surface area contributed by atoms with Crippen molar-refractivity contribution in [2.45, 2.75) is 43.9 Å². The van der Waals surface area contributed by atoms with E-state index in [2.05, 4.69) is 11.8 Å². The number of halogens is 3. The molecular weight excluding hydrogens is 475 g/mol. The zero-order chi connectivity index (χ0) is 22.2. The molecule has 7 heteroatoms. The van der Waals surface area contributed by atoms with Gasteiger partial charge in [0.05, 0.1) is 6.61 Å². The minimum absolute atomic E-state index is 0.0292. The molecule has 1 aliphatic carbocycles. The second-order valence-corrected chi connectivity index (χ2v) is 10.3. The first kappa shape index (κ1) is 24.4. The lowest BCUT2D eigenvalue weighted by Gasteiger charge is -2.17. The van der Waals surface area contributed by atoms with Crippen LogP contribution in [0.15, 0.2) is 30.3 Å². The number of rotatable bonds is 8. The van der Waals surface area contributed by atoms with Crippen molar-refractivity contribution in [3.8, 4) is 11.8 Å². The monoisotopic (exact) mass is 498 g/mol. The summed E-state index contributed by atoms with van der Waals surface area (Å²) in [4.78, 5) is 13.6. The van der Waals surface area contributed by atoms with Gasteiger partial charge in [-0.1, -0.05) is 41.5 Å². The Bertz CT molecular complexity index is 927. The van der Waals surface area contributed by atoms with Crippen molar-refractivity contribution in [2.24, 2.45) is 11.8 Å². The Hall–Kier alpha value is -1.22. The lowest BCUT2D eigenvalue weighted by molar-refractivity contribution is 0.0439. The second kappa shape index (κ2) is 12.1. The van der Waals surface area contributed by atoms with Crippen LogP contribution in [0.5, 0.6) is 0 Å². The van der Waals surface area contributed by atoms with E-state index in [-0.39, 0.29) is 30.5 Å². The zero-order valence-corrected chi connectivity index (χ0v) is 20.2. The van der Waals surface area contributed by atoms with Crippen LogP contribution in [0.4, 0.5) is 0 Å². The van der Waals surface area contributed by atoms with E-state index in [1.165, 1.54) is 16.2 Å². The number of hydrogen-bond donors (Lipinski definition) is 1. The number of aliphatic hydroxyl groups is 1. The van der Waals surface area contributed by atoms with Crippen molar-refractivity contribution < 1.29 is 14.6 Å². The number of carbonyl (C=O) groups is 1. The van der Waals surface area contributed by atoms with Gasteiger partial charge in [-0.3, -0.25) is 0 Å². The second-order valence-electron chi connectivity index (χ2n) is 7.66. The van der Waals surface area contributed by atoms with E-state index in [1.807, 2.05) is 18.2 Å². The first-order valence-corrected chi connectivity index (χ1v) is 12.5. The van der Waals surface area contributed by atoms with E-state index in [0.29, 0.717) is 20.8 Å². The quantitative estimate of drug-likeness (QED) is 0.193. The van der Waals surface area contributed by atoms with Crippen LogP contribution in [-0.2, 0) is 11.2 Å². The molecule has 31 heavy (non-hydrogen) atoms. The van der Waals surface area contributed by atoms with Crippen molar-refractivity contribution in [3.05, 3.63) is 55.7 Å². The molecule has 1 aromatic carbocycles. The summed E-state index contributed by atoms with van der Waals surface area (Å²) in [6.45, 7) is -0.133. The third-order valence-corrected chi connectivity index (χ3v) is 7.50. The Morgan fingerprint density at radius 1 is 1.16 bits per heavy atom. The van der Waals surface area contributed by atoms with E-state index in [1.54, 1.807) is 12.1 Å². The number of thiophene rings is 1. The Labute approximate surface area is 202 Å². The molecule has 0 amide bonds. The van der Waals surface area contributed by atoms with E-state index in [0.717, 1.165) is 44.1 Å². The standard InChI is InChI=1S/C24H25Cl3O3S/c25-18-13-16(14-19(26)15-18)5-6-17-7-9-22(27)21(17)4-2-1-3-20-8-10-23(31-20)24(29)30-12-11-28/h8,10,13-15,17,21-22,28H,1-4,7,9,11-12H2/t17?,21?,22-/m1/s1. The van der Waals surface area contributed by atoms with Crippen molar-refractivity contribution in [1.29, 1.82) is 0 Å². The third kappa shape index (κ3) is 7.41. The summed E-state index contributed by atoms with van der Waals surface area (Å²) in [5, 5.41) is 10.1. The Morgan fingerprint density at radius 3 is 2.68 bits per heavy atom. The van der Waals surface area contributed by atoms with Gasteiger partial charge < -0.3 is 9.84 Å². The maximum absolute atomic E-state index is 11.8. The molecule has 2 unspecified atom stereocenters. The highest BCUT2D eigenvalue weighted by Gasteiger charge is 2.33. The molecule has 2 aromatic rings. The van der Waals surface area contributed by atoms with Crippen LogP contribution < -0.4 is 0 Å². The van der Waals surface area contributed by atoms with E-state index < -0.39 is 0 Å². The van der Waals surface area contributed by atoms with Crippen molar-refractivity contribution in [3.63, 3.8) is 0 Å². The number of aryl methyl sites for hydroxylation is 1. The largest absolute Gasteiger partial charge is 0.459 e. The molecule has 0 aliphatic heterocycles. The van der Waals surface area contributed by atoms with Crippen LogP contribution in [0.2, 0.25) is 10.0 Å². The van der Waals surface area contributed by atoms with Crippen molar-refractivity contribution in [2.75, 3.05) is 13.2 Å². The molecule has 166 valence electrons. The van der Waals surface area contributed by atoms with Crippen LogP contribution in [0.1, 0.15) is 52.2 Å². The minimum atomic E-state index is -0.372. The summed E-state index contributed by atoms with van der Waals surface area (Å²) in [7, 11) is 0. The van der Waals surface area contributed by atoms with Gasteiger partial charge in [0.15, 0.2) is 0 Å². The summed E-state index contributed by atoms with van der Waals surface area (Å²) in [5.41, 5.74) is 0.834. The average Bonchev–Trinajstić information content (AvgIpc) is 3.34. The minimum Gasteiger partial charge on any atom is -0.459 e. The molecule has 1 aromatic heterocycles. The number of unbranched alkanes of at least 4 members (excludes halogenated alkanes) is 1. The van der Waals surface area contributed by atoms with Gasteiger partial charge in [-0.2, -0.15) is 0 Å². The maximum Gasteiger partial charge on any atom is 0.348 e.